The van der Waals surface area contributed by atoms with Gasteiger partial charge in [-0.3, -0.25) is 19.3 Å². The Kier molecular flexibility index (Phi) is 14.0. The first-order chi connectivity index (χ1) is 32.1. The third kappa shape index (κ3) is 9.59. The van der Waals surface area contributed by atoms with E-state index in [1.807, 2.05) is 196 Å². The molecule has 6 aromatic carbocycles. The summed E-state index contributed by atoms with van der Waals surface area (Å²) in [6.45, 7) is 4.64. The highest BCUT2D eigenvalue weighted by Gasteiger charge is 2.61. The Hall–Kier alpha value is -7.57. The van der Waals surface area contributed by atoms with E-state index >= 15 is 0 Å². The van der Waals surface area contributed by atoms with Crippen molar-refractivity contribution in [2.75, 3.05) is 6.61 Å². The van der Waals surface area contributed by atoms with Crippen LogP contribution in [-0.2, 0) is 40.6 Å². The maximum atomic E-state index is 13.6. The Balaban J connectivity index is 0.000000179. The molecule has 3 saturated heterocycles. The summed E-state index contributed by atoms with van der Waals surface area (Å²) < 4.78 is 0. The molecule has 3 aliphatic rings. The number of fused-ring (bicyclic) bond motifs is 1. The predicted molar refractivity (Wildman–Crippen MR) is 251 cm³/mol. The molecule has 0 saturated carbocycles. The van der Waals surface area contributed by atoms with Crippen LogP contribution < -0.4 is 5.32 Å². The number of carbonyl (C=O) groups excluding carboxylic acids is 5. The lowest BCUT2D eigenvalue weighted by Gasteiger charge is -2.28. The summed E-state index contributed by atoms with van der Waals surface area (Å²) in [5, 5.41) is 13.3. The molecule has 6 atom stereocenters. The van der Waals surface area contributed by atoms with Crippen molar-refractivity contribution in [2.24, 2.45) is 0 Å². The highest BCUT2D eigenvalue weighted by atomic mass is 16.3. The van der Waals surface area contributed by atoms with Crippen LogP contribution in [0.15, 0.2) is 182 Å². The van der Waals surface area contributed by atoms with Gasteiger partial charge in [-0.2, -0.15) is 0 Å². The summed E-state index contributed by atoms with van der Waals surface area (Å²) in [6.07, 6.45) is 0. The number of hydrogen-bond acceptors (Lipinski definition) is 6. The normalized spacial score (nSPS) is 20.0. The van der Waals surface area contributed by atoms with E-state index < -0.39 is 30.2 Å². The number of imide groups is 1. The molecule has 12 heteroatoms. The van der Waals surface area contributed by atoms with Gasteiger partial charge in [-0.15, -0.1) is 0 Å². The number of aliphatic hydroxyl groups excluding tert-OH is 1. The Morgan fingerprint density at radius 2 is 0.818 bits per heavy atom. The van der Waals surface area contributed by atoms with E-state index in [1.54, 1.807) is 19.6 Å². The SMILES string of the molecule is C[C@@H](NC(=O)[C@@H]1C(CO)N(Cc2ccccc2)C(=O)N1Cc1ccccc1)c1ccccc1.C[C@H](c1ccccc1)N1C(=O)C2[C@@H](C1=O)N(Cc1ccccc1)C(=O)N2Cc1ccccc1. The summed E-state index contributed by atoms with van der Waals surface area (Å²) in [7, 11) is 0. The van der Waals surface area contributed by atoms with Gasteiger partial charge in [-0.1, -0.05) is 182 Å². The molecule has 3 aliphatic heterocycles. The molecule has 3 fully saturated rings. The molecule has 0 radical (unpaired) electrons. The fourth-order valence-corrected chi connectivity index (χ4v) is 9.18. The maximum Gasteiger partial charge on any atom is 0.322 e. The van der Waals surface area contributed by atoms with Crippen LogP contribution >= 0.6 is 0 Å². The number of hydrogen-bond donors (Lipinski definition) is 2. The molecule has 0 aliphatic carbocycles. The third-order valence-corrected chi connectivity index (χ3v) is 12.6. The topological polar surface area (TPSA) is 134 Å². The van der Waals surface area contributed by atoms with Crippen molar-refractivity contribution in [3.8, 4) is 0 Å². The van der Waals surface area contributed by atoms with Crippen molar-refractivity contribution in [1.82, 2.24) is 29.8 Å². The Morgan fingerprint density at radius 1 is 0.485 bits per heavy atom. The molecule has 336 valence electrons. The van der Waals surface area contributed by atoms with Crippen LogP contribution in [0.2, 0.25) is 0 Å². The largest absolute Gasteiger partial charge is 0.394 e. The Bertz CT molecular complexity index is 2520. The lowest BCUT2D eigenvalue weighted by atomic mass is 10.0. The average Bonchev–Trinajstić information content (AvgIpc) is 3.89. The van der Waals surface area contributed by atoms with E-state index in [1.165, 1.54) is 4.90 Å². The van der Waals surface area contributed by atoms with Gasteiger partial charge in [-0.25, -0.2) is 9.59 Å². The van der Waals surface area contributed by atoms with Crippen molar-refractivity contribution in [2.45, 2.75) is 76.3 Å². The second-order valence-electron chi connectivity index (χ2n) is 16.9. The summed E-state index contributed by atoms with van der Waals surface area (Å²) >= 11 is 0. The first-order valence-corrected chi connectivity index (χ1v) is 22.3. The number of rotatable bonds is 14. The molecule has 2 N–H and O–H groups in total. The van der Waals surface area contributed by atoms with Gasteiger partial charge in [0.1, 0.15) is 18.1 Å². The molecule has 6 aromatic rings. The summed E-state index contributed by atoms with van der Waals surface area (Å²) in [6, 6.07) is 53.3. The lowest BCUT2D eigenvalue weighted by Crippen LogP contribution is -2.50. The van der Waals surface area contributed by atoms with Crippen molar-refractivity contribution >= 4 is 29.8 Å². The van der Waals surface area contributed by atoms with Crippen LogP contribution in [0.5, 0.6) is 0 Å². The molecule has 66 heavy (non-hydrogen) atoms. The van der Waals surface area contributed by atoms with Gasteiger partial charge in [-0.05, 0) is 47.2 Å². The van der Waals surface area contributed by atoms with Gasteiger partial charge in [0, 0.05) is 26.2 Å². The monoisotopic (exact) mass is 882 g/mol. The van der Waals surface area contributed by atoms with Crippen molar-refractivity contribution in [3.63, 3.8) is 0 Å². The van der Waals surface area contributed by atoms with Gasteiger partial charge in [0.05, 0.1) is 24.7 Å². The quantitative estimate of drug-likeness (QED) is 0.108. The van der Waals surface area contributed by atoms with Gasteiger partial charge in [0.25, 0.3) is 11.8 Å². The third-order valence-electron chi connectivity index (χ3n) is 12.6. The molecule has 0 bridgehead atoms. The minimum absolute atomic E-state index is 0.227. The fourth-order valence-electron chi connectivity index (χ4n) is 9.18. The summed E-state index contributed by atoms with van der Waals surface area (Å²) in [4.78, 5) is 75.4. The minimum atomic E-state index is -0.833. The highest BCUT2D eigenvalue weighted by Crippen LogP contribution is 2.38. The molecular formula is C54H54N6O6. The van der Waals surface area contributed by atoms with E-state index in [9.17, 15) is 29.1 Å². The van der Waals surface area contributed by atoms with Gasteiger partial charge >= 0.3 is 12.1 Å². The van der Waals surface area contributed by atoms with Crippen LogP contribution in [0, 0.1) is 0 Å². The zero-order valence-corrected chi connectivity index (χ0v) is 37.0. The molecule has 12 nitrogen and oxygen atoms in total. The second-order valence-corrected chi connectivity index (χ2v) is 16.9. The zero-order chi connectivity index (χ0) is 46.2. The Labute approximate surface area is 385 Å². The first-order valence-electron chi connectivity index (χ1n) is 22.3. The molecular weight excluding hydrogens is 829 g/mol. The van der Waals surface area contributed by atoms with Crippen LogP contribution in [0.3, 0.4) is 0 Å². The van der Waals surface area contributed by atoms with Crippen molar-refractivity contribution in [3.05, 3.63) is 215 Å². The molecule has 7 amide bonds. The molecule has 2 unspecified atom stereocenters. The molecule has 0 spiro atoms. The average molecular weight is 883 g/mol. The zero-order valence-electron chi connectivity index (χ0n) is 37.0. The van der Waals surface area contributed by atoms with Crippen LogP contribution in [0.4, 0.5) is 9.59 Å². The van der Waals surface area contributed by atoms with Gasteiger partial charge in [0.2, 0.25) is 5.91 Å². The molecule has 3 heterocycles. The summed E-state index contributed by atoms with van der Waals surface area (Å²) in [5.41, 5.74) is 5.57. The van der Waals surface area contributed by atoms with E-state index in [4.69, 9.17) is 0 Å². The standard InChI is InChI=1S/C27H25N3O3.C27H29N3O3/c1-19(22-15-9-4-10-16-22)30-25(31)23-24(26(30)32)29(18-21-13-7-3-8-14-21)27(33)28(23)17-20-11-5-2-6-12-20;1-20(23-15-9-4-10-16-23)28-26(32)25-24(19-31)29(17-21-11-5-2-6-12-21)27(33)30(25)18-22-13-7-3-8-14-22/h2-16,19,23-24H,17-18H2,1H3;2-16,20,24-25,31H,17-19H2,1H3,(H,28,32)/t19-,23+,24?;20-,24?,25+/m11/s1. The van der Waals surface area contributed by atoms with E-state index in [0.29, 0.717) is 13.1 Å². The number of nitrogens with zero attached hydrogens (tertiary/aromatic N) is 5. The number of nitrogens with one attached hydrogen (secondary N) is 1. The molecule has 0 aromatic heterocycles. The minimum Gasteiger partial charge on any atom is -0.394 e. The first kappa shape index (κ1) is 45.0. The van der Waals surface area contributed by atoms with E-state index in [0.717, 1.165) is 33.4 Å². The van der Waals surface area contributed by atoms with Crippen LogP contribution in [-0.4, -0.2) is 90.2 Å². The van der Waals surface area contributed by atoms with Crippen molar-refractivity contribution < 1.29 is 29.1 Å². The number of carbonyl (C=O) groups is 5. The highest BCUT2D eigenvalue weighted by molar-refractivity contribution is 6.13. The lowest BCUT2D eigenvalue weighted by molar-refractivity contribution is -0.143. The second kappa shape index (κ2) is 20.5. The van der Waals surface area contributed by atoms with Gasteiger partial charge < -0.3 is 30.0 Å². The van der Waals surface area contributed by atoms with Crippen molar-refractivity contribution in [1.29, 1.82) is 0 Å². The van der Waals surface area contributed by atoms with Gasteiger partial charge in [0.15, 0.2) is 0 Å². The Morgan fingerprint density at radius 3 is 1.21 bits per heavy atom. The van der Waals surface area contributed by atoms with Crippen LogP contribution in [0.25, 0.3) is 0 Å². The predicted octanol–water partition coefficient (Wildman–Crippen LogP) is 7.72. The number of urea groups is 2. The summed E-state index contributed by atoms with van der Waals surface area (Å²) in [5.74, 6) is -0.910. The maximum absolute atomic E-state index is 13.6. The van der Waals surface area contributed by atoms with Crippen LogP contribution in [0.1, 0.15) is 59.3 Å². The fraction of sp³-hybridized carbons (Fsp3) is 0.241. The smallest absolute Gasteiger partial charge is 0.322 e. The number of benzene rings is 6. The number of aliphatic hydroxyl groups is 1. The van der Waals surface area contributed by atoms with E-state index in [2.05, 4.69) is 5.32 Å². The van der Waals surface area contributed by atoms with E-state index in [-0.39, 0.29) is 55.5 Å². The molecule has 9 rings (SSSR count). The number of likely N-dealkylation sites (tertiary alicyclic amines) is 1. The number of amides is 7.